The second-order valence-electron chi connectivity index (χ2n) is 2.55. The molecular formula is C9H8S3. The molecule has 0 atom stereocenters. The lowest BCUT2D eigenvalue weighted by Crippen LogP contribution is -1.80. The van der Waals surface area contributed by atoms with Gasteiger partial charge in [-0.05, 0) is 28.5 Å². The molecule has 3 heteroatoms. The Balaban J connectivity index is 2.73. The van der Waals surface area contributed by atoms with Crippen LogP contribution >= 0.6 is 36.6 Å². The number of thiol groups is 2. The predicted molar refractivity (Wildman–Crippen MR) is 62.5 cm³/mol. The highest BCUT2D eigenvalue weighted by atomic mass is 32.2. The van der Waals surface area contributed by atoms with Crippen LogP contribution in [0, 0.1) is 0 Å². The van der Waals surface area contributed by atoms with Crippen LogP contribution in [0.2, 0.25) is 0 Å². The third kappa shape index (κ3) is 1.37. The number of thiophene rings is 1. The summed E-state index contributed by atoms with van der Waals surface area (Å²) in [5, 5.41) is 3.37. The summed E-state index contributed by atoms with van der Waals surface area (Å²) >= 11 is 10.4. The average molecular weight is 212 g/mol. The van der Waals surface area contributed by atoms with Crippen LogP contribution < -0.4 is 0 Å². The normalized spacial score (nSPS) is 11.2. The van der Waals surface area contributed by atoms with Crippen molar-refractivity contribution in [1.29, 1.82) is 0 Å². The number of fused-ring (bicyclic) bond motifs is 1. The van der Waals surface area contributed by atoms with Crippen molar-refractivity contribution in [2.45, 2.75) is 4.58 Å². The van der Waals surface area contributed by atoms with Gasteiger partial charge in [-0.25, -0.2) is 0 Å². The van der Waals surface area contributed by atoms with E-state index < -0.39 is 0 Å². The van der Waals surface area contributed by atoms with Gasteiger partial charge in [-0.1, -0.05) is 12.1 Å². The molecule has 0 aliphatic heterocycles. The summed E-state index contributed by atoms with van der Waals surface area (Å²) in [7, 11) is 0. The molecule has 0 amide bonds. The number of hydrogen-bond donors (Lipinski definition) is 2. The van der Waals surface area contributed by atoms with Crippen LogP contribution in [-0.4, -0.2) is 0 Å². The van der Waals surface area contributed by atoms with Crippen molar-refractivity contribution in [2.24, 2.45) is 0 Å². The Labute approximate surface area is 86.4 Å². The Hall–Kier alpha value is -0.120. The molecule has 62 valence electrons. The van der Waals surface area contributed by atoms with Gasteiger partial charge in [-0.15, -0.1) is 11.3 Å². The highest BCUT2D eigenvalue weighted by molar-refractivity contribution is 7.98. The van der Waals surface area contributed by atoms with E-state index in [4.69, 9.17) is 0 Å². The minimum Gasteiger partial charge on any atom is -0.160 e. The van der Waals surface area contributed by atoms with Crippen molar-refractivity contribution in [2.75, 3.05) is 0 Å². The number of hydrogen-bond acceptors (Lipinski definition) is 3. The Morgan fingerprint density at radius 1 is 1.17 bits per heavy atom. The van der Waals surface area contributed by atoms with E-state index in [0.29, 0.717) is 0 Å². The molecular weight excluding hydrogens is 204 g/mol. The molecule has 2 rings (SSSR count). The zero-order valence-corrected chi connectivity index (χ0v) is 8.87. The van der Waals surface area contributed by atoms with E-state index in [0.717, 1.165) is 0 Å². The van der Waals surface area contributed by atoms with Crippen LogP contribution in [-0.2, 0) is 0 Å². The molecule has 0 saturated carbocycles. The van der Waals surface area contributed by atoms with Gasteiger partial charge < -0.3 is 0 Å². The van der Waals surface area contributed by atoms with Crippen molar-refractivity contribution in [3.8, 4) is 0 Å². The minimum absolute atomic E-state index is 0.0169. The SMILES string of the molecule is SC(S)c1cccc2sccc12. The maximum atomic E-state index is 4.31. The third-order valence-electron chi connectivity index (χ3n) is 1.81. The Morgan fingerprint density at radius 3 is 2.75 bits per heavy atom. The van der Waals surface area contributed by atoms with Crippen LogP contribution in [0.25, 0.3) is 10.1 Å². The van der Waals surface area contributed by atoms with Crippen LogP contribution in [0.5, 0.6) is 0 Å². The summed E-state index contributed by atoms with van der Waals surface area (Å²) in [6, 6.07) is 8.36. The van der Waals surface area contributed by atoms with E-state index in [9.17, 15) is 0 Å². The molecule has 1 aromatic heterocycles. The maximum absolute atomic E-state index is 4.31. The zero-order chi connectivity index (χ0) is 8.55. The average Bonchev–Trinajstić information content (AvgIpc) is 2.49. The van der Waals surface area contributed by atoms with E-state index in [1.54, 1.807) is 11.3 Å². The molecule has 2 aromatic rings. The summed E-state index contributed by atoms with van der Waals surface area (Å²) in [4.78, 5) is 0. The second kappa shape index (κ2) is 3.32. The minimum atomic E-state index is 0.0169. The van der Waals surface area contributed by atoms with Gasteiger partial charge in [-0.2, -0.15) is 25.3 Å². The van der Waals surface area contributed by atoms with E-state index in [1.807, 2.05) is 6.07 Å². The Morgan fingerprint density at radius 2 is 2.00 bits per heavy atom. The molecule has 12 heavy (non-hydrogen) atoms. The summed E-state index contributed by atoms with van der Waals surface area (Å²) in [6.07, 6.45) is 0. The van der Waals surface area contributed by atoms with Crippen LogP contribution in [0.3, 0.4) is 0 Å². The third-order valence-corrected chi connectivity index (χ3v) is 3.25. The molecule has 0 fully saturated rings. The molecule has 1 aromatic carbocycles. The van der Waals surface area contributed by atoms with E-state index in [2.05, 4.69) is 48.8 Å². The van der Waals surface area contributed by atoms with Crippen LogP contribution in [0.1, 0.15) is 10.1 Å². The second-order valence-corrected chi connectivity index (χ2v) is 4.94. The van der Waals surface area contributed by atoms with Gasteiger partial charge in [-0.3, -0.25) is 0 Å². The number of rotatable bonds is 1. The van der Waals surface area contributed by atoms with Gasteiger partial charge in [0.05, 0.1) is 4.58 Å². The molecule has 0 N–H and O–H groups in total. The fourth-order valence-corrected chi connectivity index (χ4v) is 2.51. The smallest absolute Gasteiger partial charge is 0.0698 e. The molecule has 0 saturated heterocycles. The number of benzene rings is 1. The molecule has 0 bridgehead atoms. The van der Waals surface area contributed by atoms with Gasteiger partial charge in [0, 0.05) is 4.70 Å². The predicted octanol–water partition coefficient (Wildman–Crippen LogP) is 3.76. The summed E-state index contributed by atoms with van der Waals surface area (Å²) < 4.78 is 1.32. The van der Waals surface area contributed by atoms with Gasteiger partial charge in [0.15, 0.2) is 0 Å². The summed E-state index contributed by atoms with van der Waals surface area (Å²) in [5.74, 6) is 0. The summed E-state index contributed by atoms with van der Waals surface area (Å²) in [5.41, 5.74) is 1.19. The molecule has 0 unspecified atom stereocenters. The molecule has 0 spiro atoms. The van der Waals surface area contributed by atoms with Crippen molar-refractivity contribution in [1.82, 2.24) is 0 Å². The van der Waals surface area contributed by atoms with Gasteiger partial charge in [0.25, 0.3) is 0 Å². The molecule has 0 aliphatic rings. The van der Waals surface area contributed by atoms with Gasteiger partial charge >= 0.3 is 0 Å². The lowest BCUT2D eigenvalue weighted by atomic mass is 10.1. The Bertz CT molecular complexity index is 389. The molecule has 1 heterocycles. The quantitative estimate of drug-likeness (QED) is 0.522. The van der Waals surface area contributed by atoms with Gasteiger partial charge in [0.1, 0.15) is 0 Å². The lowest BCUT2D eigenvalue weighted by molar-refractivity contribution is 1.46. The zero-order valence-electron chi connectivity index (χ0n) is 6.27. The monoisotopic (exact) mass is 212 g/mol. The van der Waals surface area contributed by atoms with Crippen molar-refractivity contribution >= 4 is 46.7 Å². The Kier molecular flexibility index (Phi) is 2.35. The first kappa shape index (κ1) is 8.48. The van der Waals surface area contributed by atoms with Crippen molar-refractivity contribution in [3.63, 3.8) is 0 Å². The van der Waals surface area contributed by atoms with E-state index >= 15 is 0 Å². The maximum Gasteiger partial charge on any atom is 0.0698 e. The molecule has 0 aliphatic carbocycles. The highest BCUT2D eigenvalue weighted by Crippen LogP contribution is 2.32. The fraction of sp³-hybridized carbons (Fsp3) is 0.111. The van der Waals surface area contributed by atoms with Gasteiger partial charge in [0.2, 0.25) is 0 Å². The van der Waals surface area contributed by atoms with Crippen LogP contribution in [0.4, 0.5) is 0 Å². The van der Waals surface area contributed by atoms with E-state index in [1.165, 1.54) is 15.6 Å². The molecule has 0 nitrogen and oxygen atoms in total. The largest absolute Gasteiger partial charge is 0.160 e. The standard InChI is InChI=1S/C9H8S3/c10-9(11)7-2-1-3-8-6(7)4-5-12-8/h1-5,9-11H. The lowest BCUT2D eigenvalue weighted by Gasteiger charge is -2.04. The van der Waals surface area contributed by atoms with E-state index in [-0.39, 0.29) is 4.58 Å². The molecule has 0 radical (unpaired) electrons. The fourth-order valence-electron chi connectivity index (χ4n) is 1.24. The van der Waals surface area contributed by atoms with Crippen molar-refractivity contribution < 1.29 is 0 Å². The van der Waals surface area contributed by atoms with Crippen molar-refractivity contribution in [3.05, 3.63) is 35.2 Å². The first-order chi connectivity index (χ1) is 5.79. The summed E-state index contributed by atoms with van der Waals surface area (Å²) in [6.45, 7) is 0. The first-order valence-electron chi connectivity index (χ1n) is 3.61. The van der Waals surface area contributed by atoms with Crippen LogP contribution in [0.15, 0.2) is 29.6 Å². The highest BCUT2D eigenvalue weighted by Gasteiger charge is 2.05. The topological polar surface area (TPSA) is 0 Å². The first-order valence-corrected chi connectivity index (χ1v) is 5.52.